The maximum absolute atomic E-state index is 10.8. The van der Waals surface area contributed by atoms with Gasteiger partial charge in [-0.25, -0.2) is 4.79 Å². The molecule has 1 aromatic carbocycles. The fourth-order valence-electron chi connectivity index (χ4n) is 1.35. The molecule has 0 atom stereocenters. The molecule has 2 rings (SSSR count). The Hall–Kier alpha value is -2.08. The minimum atomic E-state index is -1.05. The third kappa shape index (κ3) is 1.59. The van der Waals surface area contributed by atoms with E-state index in [1.165, 1.54) is 12.1 Å². The Morgan fingerprint density at radius 2 is 2.25 bits per heavy atom. The molecule has 0 bridgehead atoms. The first-order valence-corrected chi connectivity index (χ1v) is 4.60. The van der Waals surface area contributed by atoms with E-state index in [1.807, 2.05) is 0 Å². The first-order chi connectivity index (χ1) is 7.63. The SMILES string of the molecule is O=C(O)c1ccc2[nH]nc(C(Cl)=NO)c2c1. The van der Waals surface area contributed by atoms with Gasteiger partial charge in [0, 0.05) is 5.39 Å². The van der Waals surface area contributed by atoms with E-state index >= 15 is 0 Å². The molecule has 0 aliphatic rings. The minimum Gasteiger partial charge on any atom is -0.478 e. The molecular formula is C9H6ClN3O3. The molecule has 0 fully saturated rings. The first kappa shape index (κ1) is 10.4. The Morgan fingerprint density at radius 3 is 2.88 bits per heavy atom. The number of aromatic nitrogens is 2. The van der Waals surface area contributed by atoms with Crippen molar-refractivity contribution in [1.82, 2.24) is 10.2 Å². The van der Waals surface area contributed by atoms with Gasteiger partial charge in [-0.3, -0.25) is 5.10 Å². The van der Waals surface area contributed by atoms with Crippen LogP contribution in [0.25, 0.3) is 10.9 Å². The molecule has 0 amide bonds. The van der Waals surface area contributed by atoms with Crippen LogP contribution in [-0.4, -0.2) is 31.7 Å². The zero-order chi connectivity index (χ0) is 11.7. The lowest BCUT2D eigenvalue weighted by Gasteiger charge is -1.95. The molecule has 0 aliphatic heterocycles. The summed E-state index contributed by atoms with van der Waals surface area (Å²) < 4.78 is 0. The number of carboxylic acid groups (broad SMARTS) is 1. The number of fused-ring (bicyclic) bond motifs is 1. The van der Waals surface area contributed by atoms with Crippen LogP contribution in [0.4, 0.5) is 0 Å². The number of hydrogen-bond donors (Lipinski definition) is 3. The van der Waals surface area contributed by atoms with Gasteiger partial charge < -0.3 is 10.3 Å². The number of benzene rings is 1. The van der Waals surface area contributed by atoms with Gasteiger partial charge in [0.1, 0.15) is 5.69 Å². The molecule has 1 heterocycles. The van der Waals surface area contributed by atoms with Crippen LogP contribution in [0.15, 0.2) is 23.4 Å². The quantitative estimate of drug-likeness (QED) is 0.421. The molecule has 0 saturated heterocycles. The summed E-state index contributed by atoms with van der Waals surface area (Å²) in [6, 6.07) is 4.41. The standard InChI is InChI=1S/C9H6ClN3O3/c10-8(13-16)7-5-3-4(9(14)15)1-2-6(5)11-12-7/h1-3,16H,(H,11,12)(H,14,15). The third-order valence-electron chi connectivity index (χ3n) is 2.09. The van der Waals surface area contributed by atoms with Gasteiger partial charge in [-0.05, 0) is 18.2 Å². The van der Waals surface area contributed by atoms with Gasteiger partial charge in [-0.2, -0.15) is 5.10 Å². The van der Waals surface area contributed by atoms with E-state index in [2.05, 4.69) is 15.4 Å². The molecule has 0 aliphatic carbocycles. The summed E-state index contributed by atoms with van der Waals surface area (Å²) >= 11 is 5.61. The van der Waals surface area contributed by atoms with E-state index in [9.17, 15) is 4.79 Å². The fraction of sp³-hybridized carbons (Fsp3) is 0. The molecule has 82 valence electrons. The Morgan fingerprint density at radius 1 is 1.50 bits per heavy atom. The van der Waals surface area contributed by atoms with Crippen molar-refractivity contribution in [2.24, 2.45) is 5.16 Å². The summed E-state index contributed by atoms with van der Waals surface area (Å²) in [7, 11) is 0. The lowest BCUT2D eigenvalue weighted by molar-refractivity contribution is 0.0697. The zero-order valence-corrected chi connectivity index (χ0v) is 8.56. The number of nitrogens with zero attached hydrogens (tertiary/aromatic N) is 2. The Balaban J connectivity index is 2.69. The van der Waals surface area contributed by atoms with Gasteiger partial charge in [-0.15, -0.1) is 0 Å². The summed E-state index contributed by atoms with van der Waals surface area (Å²) in [4.78, 5) is 10.8. The molecule has 0 unspecified atom stereocenters. The number of aromatic carboxylic acids is 1. The van der Waals surface area contributed by atoms with Crippen LogP contribution in [0.3, 0.4) is 0 Å². The largest absolute Gasteiger partial charge is 0.478 e. The Bertz CT molecular complexity index is 591. The van der Waals surface area contributed by atoms with Crippen molar-refractivity contribution in [3.05, 3.63) is 29.5 Å². The van der Waals surface area contributed by atoms with E-state index in [0.29, 0.717) is 10.9 Å². The topological polar surface area (TPSA) is 98.6 Å². The number of H-pyrrole nitrogens is 1. The second-order valence-corrected chi connectivity index (χ2v) is 3.39. The van der Waals surface area contributed by atoms with Gasteiger partial charge >= 0.3 is 5.97 Å². The van der Waals surface area contributed by atoms with E-state index in [-0.39, 0.29) is 16.4 Å². The minimum absolute atomic E-state index is 0.109. The van der Waals surface area contributed by atoms with Crippen molar-refractivity contribution in [2.45, 2.75) is 0 Å². The number of nitrogens with one attached hydrogen (secondary N) is 1. The maximum atomic E-state index is 10.8. The molecule has 6 nitrogen and oxygen atoms in total. The summed E-state index contributed by atoms with van der Waals surface area (Å²) in [5.41, 5.74) is 0.932. The number of aromatic amines is 1. The highest BCUT2D eigenvalue weighted by molar-refractivity contribution is 6.70. The van der Waals surface area contributed by atoms with E-state index in [0.717, 1.165) is 0 Å². The molecule has 3 N–H and O–H groups in total. The van der Waals surface area contributed by atoms with Gasteiger partial charge in [-0.1, -0.05) is 16.8 Å². The summed E-state index contributed by atoms with van der Waals surface area (Å²) in [5.74, 6) is -1.05. The Kier molecular flexibility index (Phi) is 2.49. The smallest absolute Gasteiger partial charge is 0.335 e. The highest BCUT2D eigenvalue weighted by Crippen LogP contribution is 2.19. The highest BCUT2D eigenvalue weighted by atomic mass is 35.5. The predicted molar refractivity (Wildman–Crippen MR) is 57.2 cm³/mol. The second kappa shape index (κ2) is 3.82. The van der Waals surface area contributed by atoms with Gasteiger partial charge in [0.2, 0.25) is 0 Å². The van der Waals surface area contributed by atoms with Crippen LogP contribution in [0.2, 0.25) is 0 Å². The molecule has 16 heavy (non-hydrogen) atoms. The van der Waals surface area contributed by atoms with Crippen LogP contribution in [0.1, 0.15) is 16.1 Å². The Labute approximate surface area is 94.1 Å². The summed E-state index contributed by atoms with van der Waals surface area (Å²) in [6.07, 6.45) is 0. The van der Waals surface area contributed by atoms with Crippen molar-refractivity contribution < 1.29 is 15.1 Å². The lowest BCUT2D eigenvalue weighted by atomic mass is 10.1. The normalized spacial score (nSPS) is 11.9. The molecule has 1 aromatic heterocycles. The van der Waals surface area contributed by atoms with Crippen LogP contribution < -0.4 is 0 Å². The average Bonchev–Trinajstić information content (AvgIpc) is 2.70. The first-order valence-electron chi connectivity index (χ1n) is 4.23. The van der Waals surface area contributed by atoms with Crippen molar-refractivity contribution in [2.75, 3.05) is 0 Å². The number of hydrogen-bond acceptors (Lipinski definition) is 4. The van der Waals surface area contributed by atoms with Gasteiger partial charge in [0.05, 0.1) is 11.1 Å². The lowest BCUT2D eigenvalue weighted by Crippen LogP contribution is -1.96. The van der Waals surface area contributed by atoms with Gasteiger partial charge in [0.15, 0.2) is 5.17 Å². The molecule has 0 spiro atoms. The van der Waals surface area contributed by atoms with E-state index in [4.69, 9.17) is 21.9 Å². The van der Waals surface area contributed by atoms with Crippen molar-refractivity contribution in [1.29, 1.82) is 0 Å². The van der Waals surface area contributed by atoms with Crippen LogP contribution in [0.5, 0.6) is 0 Å². The van der Waals surface area contributed by atoms with Crippen LogP contribution in [0, 0.1) is 0 Å². The molecular weight excluding hydrogens is 234 g/mol. The van der Waals surface area contributed by atoms with E-state index in [1.54, 1.807) is 6.07 Å². The highest BCUT2D eigenvalue weighted by Gasteiger charge is 2.13. The fourth-order valence-corrected chi connectivity index (χ4v) is 1.50. The summed E-state index contributed by atoms with van der Waals surface area (Å²) in [5, 5.41) is 26.9. The average molecular weight is 240 g/mol. The summed E-state index contributed by atoms with van der Waals surface area (Å²) in [6.45, 7) is 0. The number of rotatable bonds is 2. The number of carboxylic acids is 1. The van der Waals surface area contributed by atoms with Crippen molar-refractivity contribution >= 4 is 33.6 Å². The van der Waals surface area contributed by atoms with Crippen molar-refractivity contribution in [3.63, 3.8) is 0 Å². The van der Waals surface area contributed by atoms with Crippen LogP contribution in [-0.2, 0) is 0 Å². The van der Waals surface area contributed by atoms with Crippen LogP contribution >= 0.6 is 11.6 Å². The van der Waals surface area contributed by atoms with E-state index < -0.39 is 5.97 Å². The molecule has 0 radical (unpaired) electrons. The number of carbonyl (C=O) groups is 1. The number of oxime groups is 1. The molecule has 2 aromatic rings. The second-order valence-electron chi connectivity index (χ2n) is 3.03. The number of halogens is 1. The third-order valence-corrected chi connectivity index (χ3v) is 2.35. The predicted octanol–water partition coefficient (Wildman–Crippen LogP) is 1.64. The molecule has 7 heteroatoms. The van der Waals surface area contributed by atoms with Crippen molar-refractivity contribution in [3.8, 4) is 0 Å². The zero-order valence-electron chi connectivity index (χ0n) is 7.81. The maximum Gasteiger partial charge on any atom is 0.335 e. The van der Waals surface area contributed by atoms with Gasteiger partial charge in [0.25, 0.3) is 0 Å². The monoisotopic (exact) mass is 239 g/mol. The molecule has 0 saturated carbocycles.